The zero-order valence-electron chi connectivity index (χ0n) is 9.57. The first-order chi connectivity index (χ1) is 8.72. The lowest BCUT2D eigenvalue weighted by Gasteiger charge is -2.22. The Hall–Kier alpha value is -1.17. The molecule has 0 bridgehead atoms. The van der Waals surface area contributed by atoms with Gasteiger partial charge in [0.25, 0.3) is 0 Å². The molecule has 2 N–H and O–H groups in total. The zero-order chi connectivity index (χ0) is 12.5. The number of rotatable bonds is 2. The largest absolute Gasteiger partial charge is 0.353 e. The van der Waals surface area contributed by atoms with Crippen LogP contribution in [0.3, 0.4) is 0 Å². The summed E-state index contributed by atoms with van der Waals surface area (Å²) in [6, 6.07) is 5.48. The molecule has 3 rings (SSSR count). The van der Waals surface area contributed by atoms with Crippen molar-refractivity contribution in [1.82, 2.24) is 15.6 Å². The van der Waals surface area contributed by atoms with Crippen LogP contribution in [0.15, 0.2) is 18.2 Å². The van der Waals surface area contributed by atoms with Gasteiger partial charge >= 0.3 is 0 Å². The average molecular weight is 282 g/mol. The molecule has 2 aromatic rings. The second-order valence-electron chi connectivity index (χ2n) is 4.22. The second-order valence-corrected chi connectivity index (χ2v) is 5.77. The number of nitrogens with one attached hydrogen (secondary N) is 2. The Morgan fingerprint density at radius 3 is 3.17 bits per heavy atom. The quantitative estimate of drug-likeness (QED) is 0.879. The standard InChI is InChI=1S/C12H12ClN3OS/c13-7-1-2-8-10(5-7)18-11(16-8)6-9-12(17)15-4-3-14-9/h1-2,5,9,14H,3-4,6H2,(H,15,17). The fourth-order valence-corrected chi connectivity index (χ4v) is 3.31. The molecular formula is C12H12ClN3OS. The minimum Gasteiger partial charge on any atom is -0.353 e. The zero-order valence-corrected chi connectivity index (χ0v) is 11.1. The van der Waals surface area contributed by atoms with Gasteiger partial charge in [-0.15, -0.1) is 11.3 Å². The average Bonchev–Trinajstić information content (AvgIpc) is 2.73. The van der Waals surface area contributed by atoms with Gasteiger partial charge in [-0.05, 0) is 18.2 Å². The first-order valence-corrected chi connectivity index (χ1v) is 6.98. The van der Waals surface area contributed by atoms with E-state index in [1.807, 2.05) is 18.2 Å². The van der Waals surface area contributed by atoms with Crippen molar-refractivity contribution in [2.24, 2.45) is 0 Å². The highest BCUT2D eigenvalue weighted by Gasteiger charge is 2.22. The summed E-state index contributed by atoms with van der Waals surface area (Å²) in [5.41, 5.74) is 0.940. The van der Waals surface area contributed by atoms with Crippen molar-refractivity contribution < 1.29 is 4.79 Å². The number of piperazine rings is 1. The van der Waals surface area contributed by atoms with Gasteiger partial charge in [0.05, 0.1) is 21.3 Å². The van der Waals surface area contributed by atoms with Gasteiger partial charge in [0.15, 0.2) is 0 Å². The maximum atomic E-state index is 11.7. The molecule has 1 amide bonds. The van der Waals surface area contributed by atoms with Crippen molar-refractivity contribution in [3.63, 3.8) is 0 Å². The predicted octanol–water partition coefficient (Wildman–Crippen LogP) is 1.58. The Balaban J connectivity index is 1.84. The monoisotopic (exact) mass is 281 g/mol. The minimum absolute atomic E-state index is 0.0542. The smallest absolute Gasteiger partial charge is 0.237 e. The molecule has 0 aliphatic carbocycles. The number of thiazole rings is 1. The minimum atomic E-state index is -0.171. The molecule has 4 nitrogen and oxygen atoms in total. The lowest BCUT2D eigenvalue weighted by Crippen LogP contribution is -2.53. The summed E-state index contributed by atoms with van der Waals surface area (Å²) >= 11 is 7.54. The van der Waals surface area contributed by atoms with E-state index in [1.165, 1.54) is 0 Å². The molecule has 1 fully saturated rings. The van der Waals surface area contributed by atoms with Crippen LogP contribution in [0.1, 0.15) is 5.01 Å². The van der Waals surface area contributed by atoms with Gasteiger partial charge in [-0.3, -0.25) is 4.79 Å². The third kappa shape index (κ3) is 2.34. The molecule has 2 heterocycles. The molecular weight excluding hydrogens is 270 g/mol. The molecule has 0 saturated carbocycles. The van der Waals surface area contributed by atoms with Gasteiger partial charge in [0.2, 0.25) is 5.91 Å². The molecule has 18 heavy (non-hydrogen) atoms. The normalized spacial score (nSPS) is 20.1. The molecule has 1 aliphatic heterocycles. The Morgan fingerprint density at radius 1 is 1.44 bits per heavy atom. The molecule has 1 aromatic carbocycles. The van der Waals surface area contributed by atoms with E-state index in [0.29, 0.717) is 18.0 Å². The summed E-state index contributed by atoms with van der Waals surface area (Å²) in [4.78, 5) is 16.2. The Bertz CT molecular complexity index is 598. The molecule has 0 spiro atoms. The molecule has 6 heteroatoms. The number of carbonyl (C=O) groups excluding carboxylic acids is 1. The summed E-state index contributed by atoms with van der Waals surface area (Å²) in [6.07, 6.45) is 0.628. The molecule has 94 valence electrons. The maximum absolute atomic E-state index is 11.7. The number of amides is 1. The third-order valence-corrected chi connectivity index (χ3v) is 4.18. The fraction of sp³-hybridized carbons (Fsp3) is 0.333. The van der Waals surface area contributed by atoms with E-state index in [9.17, 15) is 4.79 Å². The van der Waals surface area contributed by atoms with Crippen molar-refractivity contribution >= 4 is 39.1 Å². The summed E-state index contributed by atoms with van der Waals surface area (Å²) < 4.78 is 1.06. The molecule has 1 unspecified atom stereocenters. The number of fused-ring (bicyclic) bond motifs is 1. The summed E-state index contributed by atoms with van der Waals surface area (Å²) in [5.74, 6) is 0.0542. The van der Waals surface area contributed by atoms with Crippen LogP contribution in [0.25, 0.3) is 10.2 Å². The number of carbonyl (C=O) groups is 1. The van der Waals surface area contributed by atoms with Crippen molar-refractivity contribution in [3.05, 3.63) is 28.2 Å². The number of hydrogen-bond acceptors (Lipinski definition) is 4. The molecule has 1 aromatic heterocycles. The lowest BCUT2D eigenvalue weighted by molar-refractivity contribution is -0.124. The van der Waals surface area contributed by atoms with E-state index in [2.05, 4.69) is 15.6 Å². The van der Waals surface area contributed by atoms with E-state index in [4.69, 9.17) is 11.6 Å². The maximum Gasteiger partial charge on any atom is 0.237 e. The van der Waals surface area contributed by atoms with E-state index < -0.39 is 0 Å². The molecule has 1 saturated heterocycles. The summed E-state index contributed by atoms with van der Waals surface area (Å²) in [5, 5.41) is 7.73. The number of aromatic nitrogens is 1. The van der Waals surface area contributed by atoms with Crippen molar-refractivity contribution in [2.75, 3.05) is 13.1 Å². The topological polar surface area (TPSA) is 54.0 Å². The van der Waals surface area contributed by atoms with Crippen LogP contribution in [-0.4, -0.2) is 30.0 Å². The Labute approximate surface area is 113 Å². The van der Waals surface area contributed by atoms with Crippen LogP contribution in [0, 0.1) is 0 Å². The van der Waals surface area contributed by atoms with Crippen LogP contribution in [0.4, 0.5) is 0 Å². The summed E-state index contributed by atoms with van der Waals surface area (Å²) in [6.45, 7) is 1.51. The summed E-state index contributed by atoms with van der Waals surface area (Å²) in [7, 11) is 0. The van der Waals surface area contributed by atoms with Crippen molar-refractivity contribution in [2.45, 2.75) is 12.5 Å². The highest BCUT2D eigenvalue weighted by Crippen LogP contribution is 2.26. The van der Waals surface area contributed by atoms with Crippen LogP contribution in [0.5, 0.6) is 0 Å². The van der Waals surface area contributed by atoms with E-state index in [-0.39, 0.29) is 11.9 Å². The lowest BCUT2D eigenvalue weighted by atomic mass is 10.1. The molecule has 0 radical (unpaired) electrons. The van der Waals surface area contributed by atoms with Crippen LogP contribution < -0.4 is 10.6 Å². The van der Waals surface area contributed by atoms with Crippen molar-refractivity contribution in [3.8, 4) is 0 Å². The number of halogens is 1. The Kier molecular flexibility index (Phi) is 3.20. The number of hydrogen-bond donors (Lipinski definition) is 2. The third-order valence-electron chi connectivity index (χ3n) is 2.90. The van der Waals surface area contributed by atoms with Gasteiger partial charge in [-0.25, -0.2) is 4.98 Å². The van der Waals surface area contributed by atoms with Gasteiger partial charge in [0.1, 0.15) is 0 Å². The van der Waals surface area contributed by atoms with Gasteiger partial charge in [0, 0.05) is 24.5 Å². The van der Waals surface area contributed by atoms with Crippen molar-refractivity contribution in [1.29, 1.82) is 0 Å². The second kappa shape index (κ2) is 4.84. The van der Waals surface area contributed by atoms with E-state index in [1.54, 1.807) is 11.3 Å². The van der Waals surface area contributed by atoms with Crippen LogP contribution in [0.2, 0.25) is 5.02 Å². The number of nitrogens with zero attached hydrogens (tertiary/aromatic N) is 1. The first-order valence-electron chi connectivity index (χ1n) is 5.78. The van der Waals surface area contributed by atoms with Crippen LogP contribution in [-0.2, 0) is 11.2 Å². The molecule has 1 aliphatic rings. The predicted molar refractivity (Wildman–Crippen MR) is 73.1 cm³/mol. The van der Waals surface area contributed by atoms with Gasteiger partial charge < -0.3 is 10.6 Å². The Morgan fingerprint density at radius 2 is 2.33 bits per heavy atom. The first kappa shape index (κ1) is 11.9. The van der Waals surface area contributed by atoms with E-state index >= 15 is 0 Å². The number of benzene rings is 1. The molecule has 1 atom stereocenters. The highest BCUT2D eigenvalue weighted by atomic mass is 35.5. The highest BCUT2D eigenvalue weighted by molar-refractivity contribution is 7.18. The van der Waals surface area contributed by atoms with Crippen LogP contribution >= 0.6 is 22.9 Å². The van der Waals surface area contributed by atoms with Gasteiger partial charge in [-0.2, -0.15) is 0 Å². The fourth-order valence-electron chi connectivity index (χ4n) is 2.02. The van der Waals surface area contributed by atoms with Gasteiger partial charge in [-0.1, -0.05) is 11.6 Å². The van der Waals surface area contributed by atoms with E-state index in [0.717, 1.165) is 21.8 Å². The SMILES string of the molecule is O=C1NCCNC1Cc1nc2ccc(Cl)cc2s1.